The van der Waals surface area contributed by atoms with Gasteiger partial charge in [0.15, 0.2) is 0 Å². The second-order valence-corrected chi connectivity index (χ2v) is 14.2. The van der Waals surface area contributed by atoms with E-state index in [2.05, 4.69) is 65.2 Å². The number of nitrogens with zero attached hydrogens (tertiary/aromatic N) is 2. The SMILES string of the molecule is CCCCC(CC)CN(COP(=O)(O)OCN(CC(CC)CCCC)CC(CC)CCCC)CC(CC)CCCC. The minimum absolute atomic E-state index is 0.154. The van der Waals surface area contributed by atoms with Crippen molar-refractivity contribution in [3.8, 4) is 0 Å². The Morgan fingerprint density at radius 3 is 0.951 bits per heavy atom. The number of rotatable bonds is 30. The molecule has 7 heteroatoms. The van der Waals surface area contributed by atoms with E-state index >= 15 is 0 Å². The summed E-state index contributed by atoms with van der Waals surface area (Å²) in [6.07, 6.45) is 19.0. The Bertz CT molecular complexity index is 540. The molecular formula is C34H73N2O4P. The Balaban J connectivity index is 5.42. The topological polar surface area (TPSA) is 62.2 Å². The normalized spacial score (nSPS) is 16.7. The van der Waals surface area contributed by atoms with Crippen molar-refractivity contribution in [1.29, 1.82) is 0 Å². The Morgan fingerprint density at radius 2 is 0.756 bits per heavy atom. The van der Waals surface area contributed by atoms with E-state index in [4.69, 9.17) is 9.05 Å². The summed E-state index contributed by atoms with van der Waals surface area (Å²) in [5.41, 5.74) is 0. The molecule has 0 saturated carbocycles. The first kappa shape index (κ1) is 41.0. The van der Waals surface area contributed by atoms with Crippen LogP contribution in [0.2, 0.25) is 0 Å². The van der Waals surface area contributed by atoms with Gasteiger partial charge in [-0.1, -0.05) is 132 Å². The lowest BCUT2D eigenvalue weighted by molar-refractivity contribution is 0.0235. The monoisotopic (exact) mass is 605 g/mol. The number of phosphoric acid groups is 1. The smallest absolute Gasteiger partial charge is 0.302 e. The minimum Gasteiger partial charge on any atom is -0.302 e. The van der Waals surface area contributed by atoms with Gasteiger partial charge in [0.05, 0.1) is 0 Å². The third-order valence-electron chi connectivity index (χ3n) is 9.05. The molecule has 0 bridgehead atoms. The maximum Gasteiger partial charge on any atom is 0.474 e. The van der Waals surface area contributed by atoms with Crippen molar-refractivity contribution in [2.45, 2.75) is 158 Å². The molecule has 6 nitrogen and oxygen atoms in total. The molecule has 4 atom stereocenters. The summed E-state index contributed by atoms with van der Waals surface area (Å²) in [5, 5.41) is 0. The Hall–Kier alpha value is 0.0300. The molecule has 4 unspecified atom stereocenters. The Labute approximate surface area is 257 Å². The van der Waals surface area contributed by atoms with Crippen LogP contribution in [0, 0.1) is 23.7 Å². The quantitative estimate of drug-likeness (QED) is 0.0650. The van der Waals surface area contributed by atoms with Crippen molar-refractivity contribution >= 4 is 7.82 Å². The van der Waals surface area contributed by atoms with Gasteiger partial charge in [-0.3, -0.25) is 18.8 Å². The summed E-state index contributed by atoms with van der Waals surface area (Å²) < 4.78 is 24.6. The van der Waals surface area contributed by atoms with Gasteiger partial charge in [-0.15, -0.1) is 0 Å². The maximum absolute atomic E-state index is 13.2. The van der Waals surface area contributed by atoms with Crippen LogP contribution in [0.25, 0.3) is 0 Å². The summed E-state index contributed by atoms with van der Waals surface area (Å²) in [4.78, 5) is 15.4. The van der Waals surface area contributed by atoms with Crippen molar-refractivity contribution < 1.29 is 18.5 Å². The lowest BCUT2D eigenvalue weighted by Crippen LogP contribution is -2.37. The number of phosphoric ester groups is 1. The summed E-state index contributed by atoms with van der Waals surface area (Å²) in [6, 6.07) is 0. The molecule has 1 N–H and O–H groups in total. The van der Waals surface area contributed by atoms with Gasteiger partial charge < -0.3 is 4.89 Å². The zero-order chi connectivity index (χ0) is 30.9. The molecule has 0 aromatic heterocycles. The molecule has 0 aliphatic rings. The molecule has 0 aliphatic carbocycles. The van der Waals surface area contributed by atoms with E-state index in [0.717, 1.165) is 51.9 Å². The second-order valence-electron chi connectivity index (χ2n) is 12.7. The largest absolute Gasteiger partial charge is 0.474 e. The molecule has 0 aromatic carbocycles. The molecule has 41 heavy (non-hydrogen) atoms. The second kappa shape index (κ2) is 26.4. The molecular weight excluding hydrogens is 531 g/mol. The van der Waals surface area contributed by atoms with Gasteiger partial charge in [0, 0.05) is 26.2 Å². The van der Waals surface area contributed by atoms with Crippen molar-refractivity contribution in [3.05, 3.63) is 0 Å². The third kappa shape index (κ3) is 21.4. The lowest BCUT2D eigenvalue weighted by Gasteiger charge is -2.32. The Morgan fingerprint density at radius 1 is 0.512 bits per heavy atom. The average molecular weight is 605 g/mol. The standard InChI is InChI=1S/C34H73N2O4P/c1-9-17-21-31(13-5)25-35(26-32(14-6)22-18-10-2)29-39-41(37,38)40-30-36(27-33(15-7)23-19-11-3)28-34(16-8)24-20-12-4/h31-34H,9-30H2,1-8H3,(H,37,38). The molecule has 0 saturated heterocycles. The molecule has 0 aromatic rings. The van der Waals surface area contributed by atoms with Gasteiger partial charge >= 0.3 is 7.82 Å². The van der Waals surface area contributed by atoms with Gasteiger partial charge in [0.1, 0.15) is 13.5 Å². The molecule has 248 valence electrons. The van der Waals surface area contributed by atoms with Gasteiger partial charge in [0.2, 0.25) is 0 Å². The first-order chi connectivity index (χ1) is 19.7. The van der Waals surface area contributed by atoms with Crippen LogP contribution >= 0.6 is 7.82 Å². The number of hydrogen-bond donors (Lipinski definition) is 1. The van der Waals surface area contributed by atoms with Crippen LogP contribution in [0.5, 0.6) is 0 Å². The third-order valence-corrected chi connectivity index (χ3v) is 9.93. The van der Waals surface area contributed by atoms with E-state index < -0.39 is 7.82 Å². The fourth-order valence-electron chi connectivity index (χ4n) is 5.84. The fourth-order valence-corrected chi connectivity index (χ4v) is 6.53. The summed E-state index contributed by atoms with van der Waals surface area (Å²) in [6.45, 7) is 22.0. The number of unbranched alkanes of at least 4 members (excludes halogenated alkanes) is 4. The van der Waals surface area contributed by atoms with Crippen LogP contribution in [-0.2, 0) is 13.6 Å². The van der Waals surface area contributed by atoms with Crippen LogP contribution in [0.15, 0.2) is 0 Å². The highest BCUT2D eigenvalue weighted by Crippen LogP contribution is 2.43. The molecule has 0 aliphatic heterocycles. The van der Waals surface area contributed by atoms with Gasteiger partial charge in [-0.05, 0) is 49.4 Å². The van der Waals surface area contributed by atoms with Crippen LogP contribution in [0.1, 0.15) is 158 Å². The predicted molar refractivity (Wildman–Crippen MR) is 178 cm³/mol. The fraction of sp³-hybridized carbons (Fsp3) is 1.00. The van der Waals surface area contributed by atoms with Crippen LogP contribution in [0.4, 0.5) is 0 Å². The van der Waals surface area contributed by atoms with Crippen LogP contribution < -0.4 is 0 Å². The van der Waals surface area contributed by atoms with E-state index in [0.29, 0.717) is 23.7 Å². The van der Waals surface area contributed by atoms with E-state index in [-0.39, 0.29) is 13.5 Å². The zero-order valence-corrected chi connectivity index (χ0v) is 29.8. The minimum atomic E-state index is -4.18. The van der Waals surface area contributed by atoms with Gasteiger partial charge in [-0.25, -0.2) is 4.57 Å². The summed E-state index contributed by atoms with van der Waals surface area (Å²) in [5.74, 6) is 2.33. The first-order valence-electron chi connectivity index (χ1n) is 17.8. The van der Waals surface area contributed by atoms with Crippen molar-refractivity contribution in [1.82, 2.24) is 9.80 Å². The maximum atomic E-state index is 13.2. The van der Waals surface area contributed by atoms with E-state index in [9.17, 15) is 9.46 Å². The molecule has 0 spiro atoms. The highest BCUT2D eigenvalue weighted by molar-refractivity contribution is 7.47. The zero-order valence-electron chi connectivity index (χ0n) is 28.9. The number of hydrogen-bond acceptors (Lipinski definition) is 5. The van der Waals surface area contributed by atoms with Crippen molar-refractivity contribution in [2.24, 2.45) is 23.7 Å². The molecule has 0 fully saturated rings. The van der Waals surface area contributed by atoms with Crippen molar-refractivity contribution in [2.75, 3.05) is 39.6 Å². The lowest BCUT2D eigenvalue weighted by atomic mass is 9.96. The summed E-state index contributed by atoms with van der Waals surface area (Å²) in [7, 11) is -4.18. The first-order valence-corrected chi connectivity index (χ1v) is 19.3. The highest BCUT2D eigenvalue weighted by Gasteiger charge is 2.27. The van der Waals surface area contributed by atoms with Gasteiger partial charge in [-0.2, -0.15) is 0 Å². The van der Waals surface area contributed by atoms with Crippen LogP contribution in [-0.4, -0.2) is 54.3 Å². The predicted octanol–water partition coefficient (Wildman–Crippen LogP) is 10.5. The van der Waals surface area contributed by atoms with E-state index in [1.165, 1.54) is 77.0 Å². The molecule has 0 heterocycles. The van der Waals surface area contributed by atoms with Gasteiger partial charge in [0.25, 0.3) is 0 Å². The summed E-state index contributed by atoms with van der Waals surface area (Å²) >= 11 is 0. The van der Waals surface area contributed by atoms with E-state index in [1.807, 2.05) is 0 Å². The average Bonchev–Trinajstić information content (AvgIpc) is 2.98. The van der Waals surface area contributed by atoms with Crippen molar-refractivity contribution in [3.63, 3.8) is 0 Å². The highest BCUT2D eigenvalue weighted by atomic mass is 31.2. The molecule has 0 amide bonds. The van der Waals surface area contributed by atoms with Crippen LogP contribution in [0.3, 0.4) is 0 Å². The van der Waals surface area contributed by atoms with E-state index in [1.54, 1.807) is 0 Å². The molecule has 0 rings (SSSR count). The Kier molecular flexibility index (Phi) is 26.5. The molecule has 0 radical (unpaired) electrons.